The van der Waals surface area contributed by atoms with E-state index in [1.165, 1.54) is 11.1 Å². The van der Waals surface area contributed by atoms with E-state index in [0.717, 1.165) is 30.5 Å². The Morgan fingerprint density at radius 3 is 3.08 bits per heavy atom. The van der Waals surface area contributed by atoms with Crippen LogP contribution in [0.15, 0.2) is 22.7 Å². The summed E-state index contributed by atoms with van der Waals surface area (Å²) in [6, 6.07) is 6.44. The highest BCUT2D eigenvalue weighted by Gasteiger charge is 2.07. The fourth-order valence-electron chi connectivity index (χ4n) is 1.52. The smallest absolute Gasteiger partial charge is 0.0719 e. The molecule has 0 saturated carbocycles. The molecule has 0 radical (unpaired) electrons. The maximum absolute atomic E-state index is 5.46. The molecule has 0 bridgehead atoms. The van der Waals surface area contributed by atoms with E-state index in [9.17, 15) is 0 Å². The van der Waals surface area contributed by atoms with E-state index in [1.807, 2.05) is 0 Å². The van der Waals surface area contributed by atoms with Crippen LogP contribution in [0.4, 0.5) is 0 Å². The summed E-state index contributed by atoms with van der Waals surface area (Å²) in [4.78, 5) is 0. The first-order valence-corrected chi connectivity index (χ1v) is 5.00. The van der Waals surface area contributed by atoms with Crippen LogP contribution in [0.25, 0.3) is 0 Å². The molecule has 2 rings (SSSR count). The topological polar surface area (TPSA) is 9.23 Å². The standard InChI is InChI=1S/C10H11BrO/c11-10-4-3-8-2-1-5-12-7-9(8)6-10/h3-4,6H,1-2,5,7H2. The second-order valence-electron chi connectivity index (χ2n) is 3.07. The zero-order chi connectivity index (χ0) is 8.39. The third kappa shape index (κ3) is 1.70. The number of fused-ring (bicyclic) bond motifs is 1. The van der Waals surface area contributed by atoms with Gasteiger partial charge in [0.15, 0.2) is 0 Å². The van der Waals surface area contributed by atoms with Crippen molar-refractivity contribution in [2.24, 2.45) is 0 Å². The summed E-state index contributed by atoms with van der Waals surface area (Å²) < 4.78 is 6.60. The lowest BCUT2D eigenvalue weighted by atomic mass is 10.0. The van der Waals surface area contributed by atoms with Crippen LogP contribution >= 0.6 is 15.9 Å². The largest absolute Gasteiger partial charge is 0.377 e. The third-order valence-electron chi connectivity index (χ3n) is 2.16. The van der Waals surface area contributed by atoms with Gasteiger partial charge in [-0.3, -0.25) is 0 Å². The van der Waals surface area contributed by atoms with Gasteiger partial charge in [-0.25, -0.2) is 0 Å². The molecule has 1 heterocycles. The molecule has 0 aliphatic carbocycles. The predicted molar refractivity (Wildman–Crippen MR) is 52.1 cm³/mol. The molecule has 0 amide bonds. The second kappa shape index (κ2) is 3.58. The van der Waals surface area contributed by atoms with Gasteiger partial charge < -0.3 is 4.74 Å². The van der Waals surface area contributed by atoms with E-state index in [-0.39, 0.29) is 0 Å². The second-order valence-corrected chi connectivity index (χ2v) is 3.98. The van der Waals surface area contributed by atoms with Crippen molar-refractivity contribution in [1.82, 2.24) is 0 Å². The third-order valence-corrected chi connectivity index (χ3v) is 2.65. The van der Waals surface area contributed by atoms with E-state index in [0.29, 0.717) is 0 Å². The average molecular weight is 227 g/mol. The number of halogens is 1. The average Bonchev–Trinajstić information content (AvgIpc) is 2.28. The molecule has 0 saturated heterocycles. The summed E-state index contributed by atoms with van der Waals surface area (Å²) in [5.74, 6) is 0. The molecule has 0 atom stereocenters. The lowest BCUT2D eigenvalue weighted by Gasteiger charge is -2.04. The number of rotatable bonds is 0. The minimum absolute atomic E-state index is 0.773. The van der Waals surface area contributed by atoms with E-state index in [4.69, 9.17) is 4.74 Å². The van der Waals surface area contributed by atoms with E-state index >= 15 is 0 Å². The normalized spacial score (nSPS) is 16.8. The molecule has 0 fully saturated rings. The van der Waals surface area contributed by atoms with Crippen LogP contribution in [0.5, 0.6) is 0 Å². The van der Waals surface area contributed by atoms with E-state index in [2.05, 4.69) is 34.1 Å². The lowest BCUT2D eigenvalue weighted by Crippen LogP contribution is -1.91. The van der Waals surface area contributed by atoms with E-state index < -0.39 is 0 Å². The van der Waals surface area contributed by atoms with Gasteiger partial charge in [0.05, 0.1) is 6.61 Å². The monoisotopic (exact) mass is 226 g/mol. The van der Waals surface area contributed by atoms with Gasteiger partial charge >= 0.3 is 0 Å². The molecule has 1 aliphatic rings. The molecule has 0 unspecified atom stereocenters. The zero-order valence-corrected chi connectivity index (χ0v) is 8.43. The van der Waals surface area contributed by atoms with Crippen molar-refractivity contribution < 1.29 is 4.74 Å². The molecule has 1 aromatic carbocycles. The Morgan fingerprint density at radius 2 is 2.17 bits per heavy atom. The van der Waals surface area contributed by atoms with Gasteiger partial charge in [-0.15, -0.1) is 0 Å². The molecular formula is C10H11BrO. The van der Waals surface area contributed by atoms with Gasteiger partial charge in [-0.2, -0.15) is 0 Å². The van der Waals surface area contributed by atoms with Crippen molar-refractivity contribution >= 4 is 15.9 Å². The van der Waals surface area contributed by atoms with Gasteiger partial charge in [0, 0.05) is 11.1 Å². The predicted octanol–water partition coefficient (Wildman–Crippen LogP) is 2.91. The Morgan fingerprint density at radius 1 is 1.25 bits per heavy atom. The van der Waals surface area contributed by atoms with Gasteiger partial charge in [-0.05, 0) is 36.1 Å². The van der Waals surface area contributed by atoms with Crippen LogP contribution < -0.4 is 0 Å². The van der Waals surface area contributed by atoms with Crippen LogP contribution in [-0.2, 0) is 17.8 Å². The highest BCUT2D eigenvalue weighted by molar-refractivity contribution is 9.10. The number of hydrogen-bond donors (Lipinski definition) is 0. The Kier molecular flexibility index (Phi) is 2.47. The molecule has 2 heteroatoms. The minimum Gasteiger partial charge on any atom is -0.377 e. The first kappa shape index (κ1) is 8.27. The maximum atomic E-state index is 5.46. The molecule has 0 N–H and O–H groups in total. The Balaban J connectivity index is 2.36. The zero-order valence-electron chi connectivity index (χ0n) is 6.85. The first-order chi connectivity index (χ1) is 5.86. The van der Waals surface area contributed by atoms with Crippen molar-refractivity contribution in [3.05, 3.63) is 33.8 Å². The Labute approximate surface area is 80.9 Å². The fraction of sp³-hybridized carbons (Fsp3) is 0.400. The summed E-state index contributed by atoms with van der Waals surface area (Å²) in [6.07, 6.45) is 2.30. The molecule has 12 heavy (non-hydrogen) atoms. The van der Waals surface area contributed by atoms with Crippen LogP contribution in [0.2, 0.25) is 0 Å². The first-order valence-electron chi connectivity index (χ1n) is 4.21. The molecule has 0 spiro atoms. The van der Waals surface area contributed by atoms with Crippen LogP contribution in [0, 0.1) is 0 Å². The van der Waals surface area contributed by atoms with Crippen LogP contribution in [0.3, 0.4) is 0 Å². The molecule has 1 nitrogen and oxygen atoms in total. The van der Waals surface area contributed by atoms with Crippen molar-refractivity contribution in [3.63, 3.8) is 0 Å². The SMILES string of the molecule is Brc1ccc2c(c1)COCCC2. The highest BCUT2D eigenvalue weighted by atomic mass is 79.9. The quantitative estimate of drug-likeness (QED) is 0.662. The summed E-state index contributed by atoms with van der Waals surface area (Å²) in [5.41, 5.74) is 2.78. The molecule has 1 aliphatic heterocycles. The van der Waals surface area contributed by atoms with Crippen LogP contribution in [0.1, 0.15) is 17.5 Å². The number of aryl methyl sites for hydroxylation is 1. The number of benzene rings is 1. The summed E-state index contributed by atoms with van der Waals surface area (Å²) in [5, 5.41) is 0. The molecule has 0 aromatic heterocycles. The van der Waals surface area contributed by atoms with Gasteiger partial charge in [0.1, 0.15) is 0 Å². The summed E-state index contributed by atoms with van der Waals surface area (Å²) in [6.45, 7) is 1.67. The maximum Gasteiger partial charge on any atom is 0.0719 e. The van der Waals surface area contributed by atoms with Crippen molar-refractivity contribution in [1.29, 1.82) is 0 Å². The van der Waals surface area contributed by atoms with Gasteiger partial charge in [0.25, 0.3) is 0 Å². The van der Waals surface area contributed by atoms with Crippen molar-refractivity contribution in [2.75, 3.05) is 6.61 Å². The summed E-state index contributed by atoms with van der Waals surface area (Å²) in [7, 11) is 0. The highest BCUT2D eigenvalue weighted by Crippen LogP contribution is 2.20. The molecular weight excluding hydrogens is 216 g/mol. The van der Waals surface area contributed by atoms with Crippen molar-refractivity contribution in [3.8, 4) is 0 Å². The molecule has 1 aromatic rings. The number of ether oxygens (including phenoxy) is 1. The lowest BCUT2D eigenvalue weighted by molar-refractivity contribution is 0.125. The Hall–Kier alpha value is -0.340. The van der Waals surface area contributed by atoms with Crippen LogP contribution in [-0.4, -0.2) is 6.61 Å². The fourth-order valence-corrected chi connectivity index (χ4v) is 1.93. The molecule has 64 valence electrons. The van der Waals surface area contributed by atoms with Gasteiger partial charge in [0.2, 0.25) is 0 Å². The van der Waals surface area contributed by atoms with E-state index in [1.54, 1.807) is 0 Å². The van der Waals surface area contributed by atoms with Gasteiger partial charge in [-0.1, -0.05) is 22.0 Å². The summed E-state index contributed by atoms with van der Waals surface area (Å²) >= 11 is 3.46. The number of hydrogen-bond acceptors (Lipinski definition) is 1. The van der Waals surface area contributed by atoms with Crippen molar-refractivity contribution in [2.45, 2.75) is 19.4 Å². The Bertz CT molecular complexity index is 283. The minimum atomic E-state index is 0.773.